The third-order valence-corrected chi connectivity index (χ3v) is 3.07. The quantitative estimate of drug-likeness (QED) is 0.802. The Labute approximate surface area is 136 Å². The number of nitrogens with zero attached hydrogens (tertiary/aromatic N) is 1. The molecule has 8 heteroatoms. The number of carboxylic acid groups (broad SMARTS) is 1. The lowest BCUT2D eigenvalue weighted by molar-refractivity contribution is -0.144. The zero-order valence-electron chi connectivity index (χ0n) is 14.6. The molecule has 1 fully saturated rings. The van der Waals surface area contributed by atoms with Crippen LogP contribution in [0.4, 0.5) is 9.59 Å². The highest BCUT2D eigenvalue weighted by Gasteiger charge is 2.49. The van der Waals surface area contributed by atoms with E-state index in [4.69, 9.17) is 9.47 Å². The second-order valence-electron chi connectivity index (χ2n) is 7.67. The largest absolute Gasteiger partial charge is 0.479 e. The molecule has 1 saturated heterocycles. The monoisotopic (exact) mass is 330 g/mol. The number of hydrogen-bond donors (Lipinski definition) is 2. The van der Waals surface area contributed by atoms with Crippen LogP contribution in [0, 0.1) is 0 Å². The molecular weight excluding hydrogens is 304 g/mol. The van der Waals surface area contributed by atoms with Crippen LogP contribution in [0.3, 0.4) is 0 Å². The van der Waals surface area contributed by atoms with Gasteiger partial charge in [0.15, 0.2) is 5.54 Å². The molecule has 0 aromatic carbocycles. The lowest BCUT2D eigenvalue weighted by Crippen LogP contribution is -2.57. The zero-order valence-corrected chi connectivity index (χ0v) is 14.6. The molecule has 132 valence electrons. The van der Waals surface area contributed by atoms with Crippen molar-refractivity contribution in [1.29, 1.82) is 0 Å². The van der Waals surface area contributed by atoms with E-state index in [1.807, 2.05) is 0 Å². The number of likely N-dealkylation sites (tertiary alicyclic amines) is 1. The standard InChI is InChI=1S/C15H26N2O6/c1-13(2,3)22-11(20)16-15(10(18)19)7-8-17(9-15)12(21)23-14(4,5)6/h7-9H2,1-6H3,(H,16,20)(H,18,19)/t15-/m0/s1. The van der Waals surface area contributed by atoms with E-state index in [2.05, 4.69) is 5.32 Å². The molecule has 2 amide bonds. The summed E-state index contributed by atoms with van der Waals surface area (Å²) in [4.78, 5) is 36.9. The summed E-state index contributed by atoms with van der Waals surface area (Å²) in [6.07, 6.45) is -1.35. The van der Waals surface area contributed by atoms with E-state index in [0.717, 1.165) is 0 Å². The van der Waals surface area contributed by atoms with Crippen molar-refractivity contribution in [2.24, 2.45) is 0 Å². The average Bonchev–Trinajstić information content (AvgIpc) is 2.69. The van der Waals surface area contributed by atoms with E-state index >= 15 is 0 Å². The number of carbonyl (C=O) groups excluding carboxylic acids is 2. The Bertz CT molecular complexity index is 491. The summed E-state index contributed by atoms with van der Waals surface area (Å²) in [5.74, 6) is -1.21. The van der Waals surface area contributed by atoms with Crippen LogP contribution in [0.5, 0.6) is 0 Å². The summed E-state index contributed by atoms with van der Waals surface area (Å²) in [6.45, 7) is 10.2. The normalized spacial score (nSPS) is 21.7. The highest BCUT2D eigenvalue weighted by Crippen LogP contribution is 2.24. The van der Waals surface area contributed by atoms with Crippen LogP contribution in [0.25, 0.3) is 0 Å². The molecule has 8 nitrogen and oxygen atoms in total. The number of hydrogen-bond acceptors (Lipinski definition) is 5. The number of alkyl carbamates (subject to hydrolysis) is 1. The Morgan fingerprint density at radius 1 is 1.04 bits per heavy atom. The Morgan fingerprint density at radius 3 is 2.00 bits per heavy atom. The van der Waals surface area contributed by atoms with Gasteiger partial charge in [-0.25, -0.2) is 14.4 Å². The molecule has 1 rings (SSSR count). The maximum Gasteiger partial charge on any atom is 0.410 e. The maximum absolute atomic E-state index is 12.1. The Morgan fingerprint density at radius 2 is 1.57 bits per heavy atom. The number of amides is 2. The van der Waals surface area contributed by atoms with Crippen molar-refractivity contribution < 1.29 is 29.0 Å². The van der Waals surface area contributed by atoms with Gasteiger partial charge in [0.25, 0.3) is 0 Å². The SMILES string of the molecule is CC(C)(C)OC(=O)N[C@@]1(C(=O)O)CCN(C(=O)OC(C)(C)C)C1. The van der Waals surface area contributed by atoms with Gasteiger partial charge in [0.2, 0.25) is 0 Å². The minimum atomic E-state index is -1.57. The molecule has 2 N–H and O–H groups in total. The predicted molar refractivity (Wildman–Crippen MR) is 82.2 cm³/mol. The fourth-order valence-electron chi connectivity index (χ4n) is 2.12. The number of carboxylic acids is 1. The van der Waals surface area contributed by atoms with Crippen LogP contribution >= 0.6 is 0 Å². The van der Waals surface area contributed by atoms with Crippen molar-refractivity contribution in [2.75, 3.05) is 13.1 Å². The summed E-state index contributed by atoms with van der Waals surface area (Å²) in [5, 5.41) is 11.9. The second kappa shape index (κ2) is 6.25. The van der Waals surface area contributed by atoms with E-state index in [0.29, 0.717) is 0 Å². The molecule has 1 atom stereocenters. The minimum Gasteiger partial charge on any atom is -0.479 e. The van der Waals surface area contributed by atoms with Gasteiger partial charge in [0, 0.05) is 13.0 Å². The minimum absolute atomic E-state index is 0.0841. The highest BCUT2D eigenvalue weighted by atomic mass is 16.6. The number of nitrogens with one attached hydrogen (secondary N) is 1. The summed E-state index contributed by atoms with van der Waals surface area (Å²) < 4.78 is 10.3. The first-order valence-corrected chi connectivity index (χ1v) is 7.47. The van der Waals surface area contributed by atoms with E-state index in [-0.39, 0.29) is 19.5 Å². The summed E-state index contributed by atoms with van der Waals surface area (Å²) in [6, 6.07) is 0. The second-order valence-corrected chi connectivity index (χ2v) is 7.67. The molecule has 0 radical (unpaired) electrons. The maximum atomic E-state index is 12.1. The molecule has 1 aliphatic rings. The molecule has 0 saturated carbocycles. The fraction of sp³-hybridized carbons (Fsp3) is 0.800. The average molecular weight is 330 g/mol. The topological polar surface area (TPSA) is 105 Å². The van der Waals surface area contributed by atoms with Gasteiger partial charge in [0.1, 0.15) is 11.2 Å². The van der Waals surface area contributed by atoms with Gasteiger partial charge >= 0.3 is 18.2 Å². The number of aliphatic carboxylic acids is 1. The zero-order chi connectivity index (χ0) is 18.1. The summed E-state index contributed by atoms with van der Waals surface area (Å²) in [7, 11) is 0. The van der Waals surface area contributed by atoms with Crippen LogP contribution in [0.15, 0.2) is 0 Å². The Kier molecular flexibility index (Phi) is 5.18. The first-order valence-electron chi connectivity index (χ1n) is 7.47. The van der Waals surface area contributed by atoms with Crippen molar-refractivity contribution >= 4 is 18.2 Å². The van der Waals surface area contributed by atoms with Crippen LogP contribution in [-0.2, 0) is 14.3 Å². The molecule has 23 heavy (non-hydrogen) atoms. The first kappa shape index (κ1) is 19.1. The van der Waals surface area contributed by atoms with Crippen molar-refractivity contribution in [3.05, 3.63) is 0 Å². The highest BCUT2D eigenvalue weighted by molar-refractivity contribution is 5.86. The molecule has 0 aromatic rings. The molecular formula is C15H26N2O6. The molecule has 0 unspecified atom stereocenters. The number of carbonyl (C=O) groups is 3. The van der Waals surface area contributed by atoms with Crippen LogP contribution in [0.1, 0.15) is 48.0 Å². The van der Waals surface area contributed by atoms with Crippen molar-refractivity contribution in [1.82, 2.24) is 10.2 Å². The smallest absolute Gasteiger partial charge is 0.410 e. The van der Waals surface area contributed by atoms with Crippen molar-refractivity contribution in [3.8, 4) is 0 Å². The lowest BCUT2D eigenvalue weighted by Gasteiger charge is -2.29. The third kappa shape index (κ3) is 5.61. The molecule has 1 aliphatic heterocycles. The van der Waals surface area contributed by atoms with E-state index in [1.54, 1.807) is 41.5 Å². The van der Waals surface area contributed by atoms with Gasteiger partial charge in [0.05, 0.1) is 6.54 Å². The number of ether oxygens (including phenoxy) is 2. The third-order valence-electron chi connectivity index (χ3n) is 3.07. The molecule has 0 bridgehead atoms. The molecule has 0 spiro atoms. The van der Waals surface area contributed by atoms with E-state index in [1.165, 1.54) is 4.90 Å². The lowest BCUT2D eigenvalue weighted by atomic mass is 9.99. The summed E-state index contributed by atoms with van der Waals surface area (Å²) >= 11 is 0. The van der Waals surface area contributed by atoms with Crippen molar-refractivity contribution in [2.45, 2.75) is 64.7 Å². The Balaban J connectivity index is 2.79. The molecule has 0 aromatic heterocycles. The number of rotatable bonds is 2. The van der Waals surface area contributed by atoms with Gasteiger partial charge in [-0.3, -0.25) is 0 Å². The van der Waals surface area contributed by atoms with Crippen LogP contribution < -0.4 is 5.32 Å². The van der Waals surface area contributed by atoms with Gasteiger partial charge in [-0.2, -0.15) is 0 Å². The first-order chi connectivity index (χ1) is 10.2. The van der Waals surface area contributed by atoms with Gasteiger partial charge in [-0.15, -0.1) is 0 Å². The van der Waals surface area contributed by atoms with Crippen LogP contribution in [-0.4, -0.2) is 58.0 Å². The van der Waals surface area contributed by atoms with Gasteiger partial charge in [-0.1, -0.05) is 0 Å². The summed E-state index contributed by atoms with van der Waals surface area (Å²) in [5.41, 5.74) is -2.99. The van der Waals surface area contributed by atoms with Gasteiger partial charge < -0.3 is 24.8 Å². The predicted octanol–water partition coefficient (Wildman–Crippen LogP) is 1.98. The molecule has 0 aliphatic carbocycles. The van der Waals surface area contributed by atoms with Gasteiger partial charge in [-0.05, 0) is 41.5 Å². The molecule has 1 heterocycles. The Hall–Kier alpha value is -1.99. The fourth-order valence-corrected chi connectivity index (χ4v) is 2.12. The van der Waals surface area contributed by atoms with Crippen molar-refractivity contribution in [3.63, 3.8) is 0 Å². The van der Waals surface area contributed by atoms with E-state index in [9.17, 15) is 19.5 Å². The van der Waals surface area contributed by atoms with E-state index < -0.39 is 34.9 Å². The van der Waals surface area contributed by atoms with Crippen LogP contribution in [0.2, 0.25) is 0 Å².